The molecule has 0 saturated heterocycles. The lowest BCUT2D eigenvalue weighted by Gasteiger charge is -2.15. The molecule has 0 aliphatic rings. The molecule has 0 radical (unpaired) electrons. The van der Waals surface area contributed by atoms with Gasteiger partial charge in [0.05, 0.1) is 0 Å². The molecule has 55 heavy (non-hydrogen) atoms. The molecule has 0 spiro atoms. The van der Waals surface area contributed by atoms with Crippen LogP contribution in [-0.4, -0.2) is 0 Å². The molecular weight excluding hydrogens is 665 g/mol. The predicted molar refractivity (Wildman–Crippen MR) is 234 cm³/mol. The third-order valence-electron chi connectivity index (χ3n) is 11.2. The molecular formula is C54H34O. The standard InChI is InChI=1S/C54H34O/c1-2-13-45(14-3-1)55-46-32-43(40-19-18-35-10-4-5-12-37(35)28-40)31-44(33-46)41-21-20-39-30-42(23-22-38(39)29-41)53-34-54-51-25-24-36-11-6-7-15-47(36)50(51)26-27-52(54)48-16-8-9-17-49(48)53/h1-34H. The Balaban J connectivity index is 1.03. The van der Waals surface area contributed by atoms with Gasteiger partial charge in [-0.1, -0.05) is 152 Å². The molecule has 0 aliphatic carbocycles. The number of rotatable bonds is 5. The van der Waals surface area contributed by atoms with Crippen molar-refractivity contribution in [2.75, 3.05) is 0 Å². The number of para-hydroxylation sites is 1. The van der Waals surface area contributed by atoms with Crippen LogP contribution in [0.15, 0.2) is 206 Å². The van der Waals surface area contributed by atoms with E-state index in [1.807, 2.05) is 30.3 Å². The zero-order valence-corrected chi connectivity index (χ0v) is 30.0. The highest BCUT2D eigenvalue weighted by Crippen LogP contribution is 2.41. The zero-order valence-electron chi connectivity index (χ0n) is 30.0. The van der Waals surface area contributed by atoms with Crippen molar-refractivity contribution < 1.29 is 4.74 Å². The third kappa shape index (κ3) is 5.48. The fraction of sp³-hybridized carbons (Fsp3) is 0. The Hall–Kier alpha value is -7.22. The molecule has 256 valence electrons. The van der Waals surface area contributed by atoms with E-state index in [1.165, 1.54) is 75.8 Å². The number of hydrogen-bond donors (Lipinski definition) is 0. The molecule has 1 heteroatoms. The maximum Gasteiger partial charge on any atom is 0.128 e. The van der Waals surface area contributed by atoms with Crippen LogP contribution in [0.4, 0.5) is 0 Å². The van der Waals surface area contributed by atoms with E-state index in [0.29, 0.717) is 0 Å². The van der Waals surface area contributed by atoms with E-state index in [-0.39, 0.29) is 0 Å². The van der Waals surface area contributed by atoms with Crippen molar-refractivity contribution in [3.05, 3.63) is 206 Å². The van der Waals surface area contributed by atoms with E-state index in [0.717, 1.165) is 33.8 Å². The van der Waals surface area contributed by atoms with Gasteiger partial charge >= 0.3 is 0 Å². The van der Waals surface area contributed by atoms with Gasteiger partial charge in [-0.25, -0.2) is 0 Å². The van der Waals surface area contributed by atoms with E-state index < -0.39 is 0 Å². The van der Waals surface area contributed by atoms with E-state index in [1.54, 1.807) is 0 Å². The van der Waals surface area contributed by atoms with Gasteiger partial charge in [0.1, 0.15) is 11.5 Å². The van der Waals surface area contributed by atoms with Gasteiger partial charge in [-0.15, -0.1) is 0 Å². The maximum atomic E-state index is 6.46. The van der Waals surface area contributed by atoms with Crippen LogP contribution in [0, 0.1) is 0 Å². The molecule has 11 aromatic rings. The van der Waals surface area contributed by atoms with Crippen LogP contribution in [0.3, 0.4) is 0 Å². The average molecular weight is 699 g/mol. The molecule has 0 fully saturated rings. The summed E-state index contributed by atoms with van der Waals surface area (Å²) in [5.41, 5.74) is 7.01. The monoisotopic (exact) mass is 698 g/mol. The van der Waals surface area contributed by atoms with Crippen LogP contribution in [0.5, 0.6) is 11.5 Å². The normalized spacial score (nSPS) is 11.6. The summed E-state index contributed by atoms with van der Waals surface area (Å²) in [6, 6.07) is 74.6. The molecule has 11 rings (SSSR count). The molecule has 0 N–H and O–H groups in total. The van der Waals surface area contributed by atoms with E-state index in [4.69, 9.17) is 4.74 Å². The fourth-order valence-corrected chi connectivity index (χ4v) is 8.49. The quantitative estimate of drug-likeness (QED) is 0.163. The topological polar surface area (TPSA) is 9.23 Å². The molecule has 0 heterocycles. The summed E-state index contributed by atoms with van der Waals surface area (Å²) >= 11 is 0. The smallest absolute Gasteiger partial charge is 0.128 e. The minimum Gasteiger partial charge on any atom is -0.457 e. The fourth-order valence-electron chi connectivity index (χ4n) is 8.49. The maximum absolute atomic E-state index is 6.46. The molecule has 0 bridgehead atoms. The second kappa shape index (κ2) is 12.7. The van der Waals surface area contributed by atoms with Gasteiger partial charge in [0.25, 0.3) is 0 Å². The highest BCUT2D eigenvalue weighted by Gasteiger charge is 2.14. The third-order valence-corrected chi connectivity index (χ3v) is 11.2. The van der Waals surface area contributed by atoms with Crippen molar-refractivity contribution in [2.24, 2.45) is 0 Å². The number of fused-ring (bicyclic) bond motifs is 9. The first-order valence-corrected chi connectivity index (χ1v) is 18.9. The van der Waals surface area contributed by atoms with Gasteiger partial charge < -0.3 is 4.74 Å². The van der Waals surface area contributed by atoms with Crippen molar-refractivity contribution >= 4 is 64.6 Å². The highest BCUT2D eigenvalue weighted by molar-refractivity contribution is 6.24. The van der Waals surface area contributed by atoms with Gasteiger partial charge in [0, 0.05) is 0 Å². The first-order chi connectivity index (χ1) is 27.2. The molecule has 0 aromatic heterocycles. The van der Waals surface area contributed by atoms with Crippen LogP contribution >= 0.6 is 0 Å². The minimum absolute atomic E-state index is 0.811. The largest absolute Gasteiger partial charge is 0.457 e. The number of hydrogen-bond acceptors (Lipinski definition) is 1. The Morgan fingerprint density at radius 2 is 0.691 bits per heavy atom. The molecule has 0 atom stereocenters. The van der Waals surface area contributed by atoms with Crippen molar-refractivity contribution in [1.82, 2.24) is 0 Å². The predicted octanol–water partition coefficient (Wildman–Crippen LogP) is 15.4. The van der Waals surface area contributed by atoms with Gasteiger partial charge in [0.15, 0.2) is 0 Å². The molecule has 0 aliphatic heterocycles. The van der Waals surface area contributed by atoms with Crippen LogP contribution in [-0.2, 0) is 0 Å². The first kappa shape index (κ1) is 31.3. The summed E-state index contributed by atoms with van der Waals surface area (Å²) in [5.74, 6) is 1.63. The first-order valence-electron chi connectivity index (χ1n) is 18.9. The summed E-state index contributed by atoms with van der Waals surface area (Å²) in [6.45, 7) is 0. The van der Waals surface area contributed by atoms with Gasteiger partial charge in [-0.3, -0.25) is 0 Å². The van der Waals surface area contributed by atoms with Gasteiger partial charge in [-0.2, -0.15) is 0 Å². The molecule has 0 saturated carbocycles. The van der Waals surface area contributed by atoms with Crippen molar-refractivity contribution in [3.63, 3.8) is 0 Å². The summed E-state index contributed by atoms with van der Waals surface area (Å²) in [6.07, 6.45) is 0. The molecule has 1 nitrogen and oxygen atoms in total. The van der Waals surface area contributed by atoms with Crippen LogP contribution in [0.2, 0.25) is 0 Å². The van der Waals surface area contributed by atoms with Crippen molar-refractivity contribution in [2.45, 2.75) is 0 Å². The minimum atomic E-state index is 0.811. The zero-order chi connectivity index (χ0) is 36.3. The summed E-state index contributed by atoms with van der Waals surface area (Å²) in [7, 11) is 0. The van der Waals surface area contributed by atoms with Crippen LogP contribution in [0.25, 0.3) is 98.0 Å². The van der Waals surface area contributed by atoms with E-state index in [2.05, 4.69) is 176 Å². The summed E-state index contributed by atoms with van der Waals surface area (Å²) in [4.78, 5) is 0. The van der Waals surface area contributed by atoms with Crippen molar-refractivity contribution in [3.8, 4) is 44.9 Å². The Morgan fingerprint density at radius 1 is 0.218 bits per heavy atom. The Labute approximate surface area is 319 Å². The second-order valence-corrected chi connectivity index (χ2v) is 14.5. The lowest BCUT2D eigenvalue weighted by atomic mass is 9.89. The van der Waals surface area contributed by atoms with E-state index >= 15 is 0 Å². The van der Waals surface area contributed by atoms with Crippen LogP contribution in [0.1, 0.15) is 0 Å². The second-order valence-electron chi connectivity index (χ2n) is 14.5. The Kier molecular flexibility index (Phi) is 7.25. The number of benzene rings is 11. The summed E-state index contributed by atoms with van der Waals surface area (Å²) < 4.78 is 6.46. The Bertz CT molecular complexity index is 3280. The summed E-state index contributed by atoms with van der Waals surface area (Å²) in [5, 5.41) is 15.1. The molecule has 0 amide bonds. The van der Waals surface area contributed by atoms with Crippen molar-refractivity contribution in [1.29, 1.82) is 0 Å². The average Bonchev–Trinajstić information content (AvgIpc) is 3.25. The lowest BCUT2D eigenvalue weighted by molar-refractivity contribution is 0.483. The Morgan fingerprint density at radius 3 is 1.42 bits per heavy atom. The van der Waals surface area contributed by atoms with Crippen LogP contribution < -0.4 is 4.74 Å². The SMILES string of the molecule is c1ccc(Oc2cc(-c3ccc4ccccc4c3)cc(-c3ccc4cc(-c5cc6c(ccc7c8ccccc8ccc76)c6ccccc56)ccc4c3)c2)cc1. The van der Waals surface area contributed by atoms with Gasteiger partial charge in [-0.05, 0) is 153 Å². The highest BCUT2D eigenvalue weighted by atomic mass is 16.5. The lowest BCUT2D eigenvalue weighted by Crippen LogP contribution is -1.89. The molecule has 0 unspecified atom stereocenters. The van der Waals surface area contributed by atoms with Gasteiger partial charge in [0.2, 0.25) is 0 Å². The molecule has 11 aromatic carbocycles. The number of ether oxygens (including phenoxy) is 1. The van der Waals surface area contributed by atoms with E-state index in [9.17, 15) is 0 Å².